The van der Waals surface area contributed by atoms with Crippen LogP contribution >= 0.6 is 24.0 Å². The normalized spacial score (nSPS) is 17.2. The smallest absolute Gasteiger partial charge is 0.191 e. The molecule has 146 valence electrons. The average molecular weight is 482 g/mol. The number of guanidine groups is 1. The maximum Gasteiger partial charge on any atom is 0.191 e. The maximum absolute atomic E-state index is 5.58. The van der Waals surface area contributed by atoms with Crippen LogP contribution < -0.4 is 15.5 Å². The van der Waals surface area contributed by atoms with E-state index in [0.29, 0.717) is 13.1 Å². The second-order valence-electron chi connectivity index (χ2n) is 6.25. The number of ether oxygens (including phenoxy) is 1. The lowest BCUT2D eigenvalue weighted by molar-refractivity contribution is 0.0529. The van der Waals surface area contributed by atoms with Crippen LogP contribution in [-0.4, -0.2) is 48.8 Å². The van der Waals surface area contributed by atoms with Gasteiger partial charge in [0.25, 0.3) is 0 Å². The third-order valence-electron chi connectivity index (χ3n) is 4.22. The zero-order valence-corrected chi connectivity index (χ0v) is 18.1. The van der Waals surface area contributed by atoms with Crippen molar-refractivity contribution in [3.63, 3.8) is 0 Å². The Morgan fingerprint density at radius 3 is 2.74 bits per heavy atom. The molecule has 2 N–H and O–H groups in total. The monoisotopic (exact) mass is 482 g/mol. The Hall–Kier alpha value is -1.94. The number of pyridine rings is 2. The fourth-order valence-electron chi connectivity index (χ4n) is 2.82. The van der Waals surface area contributed by atoms with Crippen LogP contribution in [0.5, 0.6) is 0 Å². The number of nitrogens with one attached hydrogen (secondary N) is 2. The zero-order valence-electron chi connectivity index (χ0n) is 15.8. The molecule has 3 heterocycles. The fourth-order valence-corrected chi connectivity index (χ4v) is 2.82. The Bertz CT molecular complexity index is 710. The summed E-state index contributed by atoms with van der Waals surface area (Å²) in [5, 5.41) is 6.56. The van der Waals surface area contributed by atoms with Crippen molar-refractivity contribution in [2.24, 2.45) is 4.99 Å². The molecule has 0 spiro atoms. The van der Waals surface area contributed by atoms with Crippen molar-refractivity contribution in [1.29, 1.82) is 0 Å². The van der Waals surface area contributed by atoms with Crippen LogP contribution in [0, 0.1) is 0 Å². The van der Waals surface area contributed by atoms with Crippen LogP contribution in [0.15, 0.2) is 47.7 Å². The van der Waals surface area contributed by atoms with Crippen LogP contribution in [-0.2, 0) is 17.8 Å². The lowest BCUT2D eigenvalue weighted by atomic mass is 10.2. The highest BCUT2D eigenvalue weighted by atomic mass is 127. The zero-order chi connectivity index (χ0) is 18.2. The van der Waals surface area contributed by atoms with Gasteiger partial charge in [0.15, 0.2) is 5.96 Å². The molecule has 2 aromatic rings. The van der Waals surface area contributed by atoms with Crippen molar-refractivity contribution in [3.8, 4) is 0 Å². The number of halogens is 1. The van der Waals surface area contributed by atoms with Crippen LogP contribution in [0.25, 0.3) is 0 Å². The second kappa shape index (κ2) is 11.0. The SMILES string of the molecule is CN=C(NCc1ccc(N2CCOC(C)C2)nc1)NCc1ccccn1.I. The van der Waals surface area contributed by atoms with Crippen molar-refractivity contribution in [2.75, 3.05) is 31.6 Å². The van der Waals surface area contributed by atoms with Crippen molar-refractivity contribution >= 4 is 35.8 Å². The predicted molar refractivity (Wildman–Crippen MR) is 119 cm³/mol. The van der Waals surface area contributed by atoms with Crippen LogP contribution in [0.2, 0.25) is 0 Å². The molecular weight excluding hydrogens is 455 g/mol. The minimum atomic E-state index is 0. The van der Waals surface area contributed by atoms with E-state index < -0.39 is 0 Å². The number of morpholine rings is 1. The van der Waals surface area contributed by atoms with Gasteiger partial charge in [0.2, 0.25) is 0 Å². The largest absolute Gasteiger partial charge is 0.375 e. The number of rotatable bonds is 5. The van der Waals surface area contributed by atoms with E-state index in [-0.39, 0.29) is 30.1 Å². The molecule has 0 radical (unpaired) electrons. The van der Waals surface area contributed by atoms with Gasteiger partial charge in [0.05, 0.1) is 24.9 Å². The summed E-state index contributed by atoms with van der Waals surface area (Å²) < 4.78 is 5.58. The molecule has 0 aromatic carbocycles. The van der Waals surface area contributed by atoms with Gasteiger partial charge in [-0.2, -0.15) is 0 Å². The summed E-state index contributed by atoms with van der Waals surface area (Å²) in [6.45, 7) is 5.91. The minimum Gasteiger partial charge on any atom is -0.375 e. The molecule has 3 rings (SSSR count). The molecule has 1 unspecified atom stereocenters. The van der Waals surface area contributed by atoms with Crippen molar-refractivity contribution < 1.29 is 4.74 Å². The molecule has 0 amide bonds. The van der Waals surface area contributed by atoms with Crippen molar-refractivity contribution in [2.45, 2.75) is 26.1 Å². The fraction of sp³-hybridized carbons (Fsp3) is 0.421. The molecule has 1 aliphatic heterocycles. The molecule has 8 heteroatoms. The first-order valence-electron chi connectivity index (χ1n) is 8.90. The Morgan fingerprint density at radius 1 is 1.22 bits per heavy atom. The van der Waals surface area contributed by atoms with Gasteiger partial charge < -0.3 is 20.3 Å². The molecule has 1 saturated heterocycles. The highest BCUT2D eigenvalue weighted by Crippen LogP contribution is 2.15. The van der Waals surface area contributed by atoms with Crippen molar-refractivity contribution in [1.82, 2.24) is 20.6 Å². The molecule has 1 aliphatic rings. The van der Waals surface area contributed by atoms with E-state index in [1.54, 1.807) is 13.2 Å². The topological polar surface area (TPSA) is 74.7 Å². The first-order valence-corrected chi connectivity index (χ1v) is 8.90. The summed E-state index contributed by atoms with van der Waals surface area (Å²) in [7, 11) is 1.76. The number of hydrogen-bond donors (Lipinski definition) is 2. The first-order chi connectivity index (χ1) is 12.7. The van der Waals surface area contributed by atoms with Gasteiger partial charge in [-0.1, -0.05) is 12.1 Å². The van der Waals surface area contributed by atoms with Gasteiger partial charge in [-0.3, -0.25) is 9.98 Å². The van der Waals surface area contributed by atoms with Crippen LogP contribution in [0.1, 0.15) is 18.2 Å². The van der Waals surface area contributed by atoms with Gasteiger partial charge in [0, 0.05) is 39.1 Å². The van der Waals surface area contributed by atoms with Gasteiger partial charge in [0.1, 0.15) is 5.82 Å². The number of nitrogens with zero attached hydrogens (tertiary/aromatic N) is 4. The van der Waals surface area contributed by atoms with Gasteiger partial charge >= 0.3 is 0 Å². The molecule has 7 nitrogen and oxygen atoms in total. The Balaban J connectivity index is 0.00000261. The molecule has 0 saturated carbocycles. The molecular formula is C19H27IN6O. The van der Waals surface area contributed by atoms with Gasteiger partial charge in [-0.15, -0.1) is 24.0 Å². The molecule has 2 aromatic heterocycles. The predicted octanol–water partition coefficient (Wildman–Crippen LogP) is 2.18. The summed E-state index contributed by atoms with van der Waals surface area (Å²) in [5.74, 6) is 1.74. The summed E-state index contributed by atoms with van der Waals surface area (Å²) in [6.07, 6.45) is 3.95. The van der Waals surface area contributed by atoms with Gasteiger partial charge in [-0.25, -0.2) is 4.98 Å². The lowest BCUT2D eigenvalue weighted by Gasteiger charge is -2.32. The highest BCUT2D eigenvalue weighted by Gasteiger charge is 2.17. The molecule has 1 fully saturated rings. The van der Waals surface area contributed by atoms with E-state index in [0.717, 1.165) is 42.7 Å². The minimum absolute atomic E-state index is 0. The summed E-state index contributed by atoms with van der Waals surface area (Å²) in [4.78, 5) is 15.4. The molecule has 0 bridgehead atoms. The third kappa shape index (κ3) is 6.62. The Kier molecular flexibility index (Phi) is 8.73. The third-order valence-corrected chi connectivity index (χ3v) is 4.22. The highest BCUT2D eigenvalue weighted by molar-refractivity contribution is 14.0. The second-order valence-corrected chi connectivity index (χ2v) is 6.25. The Labute approximate surface area is 177 Å². The number of aliphatic imine (C=N–C) groups is 1. The van der Waals surface area contributed by atoms with E-state index in [9.17, 15) is 0 Å². The summed E-state index contributed by atoms with van der Waals surface area (Å²) in [5.41, 5.74) is 2.08. The quantitative estimate of drug-likeness (QED) is 0.387. The molecule has 1 atom stereocenters. The number of aromatic nitrogens is 2. The molecule has 0 aliphatic carbocycles. The summed E-state index contributed by atoms with van der Waals surface area (Å²) in [6, 6.07) is 10.0. The van der Waals surface area contributed by atoms with Gasteiger partial charge in [-0.05, 0) is 30.7 Å². The van der Waals surface area contributed by atoms with Crippen molar-refractivity contribution in [3.05, 3.63) is 54.0 Å². The Morgan fingerprint density at radius 2 is 2.07 bits per heavy atom. The van der Waals surface area contributed by atoms with E-state index in [1.807, 2.05) is 24.4 Å². The van der Waals surface area contributed by atoms with Crippen LogP contribution in [0.3, 0.4) is 0 Å². The number of anilines is 1. The first kappa shape index (κ1) is 21.4. The van der Waals surface area contributed by atoms with E-state index in [4.69, 9.17) is 4.74 Å². The lowest BCUT2D eigenvalue weighted by Crippen LogP contribution is -2.41. The molecule has 27 heavy (non-hydrogen) atoms. The van der Waals surface area contributed by atoms with Crippen LogP contribution in [0.4, 0.5) is 5.82 Å². The van der Waals surface area contributed by atoms with E-state index in [2.05, 4.69) is 49.6 Å². The number of hydrogen-bond acceptors (Lipinski definition) is 5. The summed E-state index contributed by atoms with van der Waals surface area (Å²) >= 11 is 0. The van der Waals surface area contributed by atoms with E-state index in [1.165, 1.54) is 0 Å². The average Bonchev–Trinajstić information content (AvgIpc) is 2.69. The van der Waals surface area contributed by atoms with E-state index >= 15 is 0 Å². The maximum atomic E-state index is 5.58. The standard InChI is InChI=1S/C19H26N6O.HI/c1-15-14-25(9-10-26-15)18-7-6-16(11-22-18)12-23-19(20-2)24-13-17-5-3-4-8-21-17;/h3-8,11,15H,9-10,12-14H2,1-2H3,(H2,20,23,24);1H.